The number of carbonyl (C=O) groups excluding carboxylic acids is 1. The molecule has 6 rings (SSSR count). The van der Waals surface area contributed by atoms with E-state index in [-0.39, 0.29) is 12.3 Å². The van der Waals surface area contributed by atoms with Gasteiger partial charge in [-0.15, -0.1) is 0 Å². The number of rotatable bonds is 5. The van der Waals surface area contributed by atoms with Crippen LogP contribution in [0, 0.1) is 13.8 Å². The summed E-state index contributed by atoms with van der Waals surface area (Å²) in [6, 6.07) is 25.1. The van der Waals surface area contributed by atoms with Gasteiger partial charge in [-0.1, -0.05) is 18.2 Å². The molecule has 0 spiro atoms. The highest BCUT2D eigenvalue weighted by Gasteiger charge is 2.18. The number of aromatic nitrogens is 5. The Hall–Kier alpha value is -5.11. The topological polar surface area (TPSA) is 112 Å². The van der Waals surface area contributed by atoms with Crippen LogP contribution in [0.25, 0.3) is 39.1 Å². The number of nitrogens with zero attached hydrogens (tertiary/aromatic N) is 5. The molecule has 8 nitrogen and oxygen atoms in total. The van der Waals surface area contributed by atoms with Crippen molar-refractivity contribution in [1.82, 2.24) is 24.5 Å². The number of benzene rings is 2. The van der Waals surface area contributed by atoms with Crippen molar-refractivity contribution in [2.24, 2.45) is 0 Å². The maximum Gasteiger partial charge on any atom is 0.228 e. The Balaban J connectivity index is 1.28. The predicted octanol–water partition coefficient (Wildman–Crippen LogP) is 5.41. The first-order chi connectivity index (χ1) is 18.4. The minimum atomic E-state index is -0.0913. The fourth-order valence-electron chi connectivity index (χ4n) is 4.54. The summed E-state index contributed by atoms with van der Waals surface area (Å²) < 4.78 is 1.98. The maximum atomic E-state index is 12.8. The van der Waals surface area contributed by atoms with Gasteiger partial charge in [0.25, 0.3) is 0 Å². The maximum absolute atomic E-state index is 12.8. The fraction of sp³-hybridized carbons (Fsp3) is 0.100. The van der Waals surface area contributed by atoms with Gasteiger partial charge in [0.05, 0.1) is 17.5 Å². The average molecular weight is 500 g/mol. The van der Waals surface area contributed by atoms with Crippen molar-refractivity contribution in [2.75, 3.05) is 11.1 Å². The van der Waals surface area contributed by atoms with E-state index in [1.807, 2.05) is 97.3 Å². The van der Waals surface area contributed by atoms with Crippen molar-refractivity contribution in [1.29, 1.82) is 0 Å². The molecule has 0 fully saturated rings. The van der Waals surface area contributed by atoms with Crippen LogP contribution in [0.5, 0.6) is 0 Å². The number of fused-ring (bicyclic) bond motifs is 2. The van der Waals surface area contributed by atoms with E-state index in [1.54, 1.807) is 6.20 Å². The number of amides is 1. The number of nitrogens with one attached hydrogen (secondary N) is 1. The van der Waals surface area contributed by atoms with Gasteiger partial charge in [-0.05, 0) is 80.1 Å². The molecule has 0 aliphatic carbocycles. The number of aryl methyl sites for hydroxylation is 2. The van der Waals surface area contributed by atoms with Crippen molar-refractivity contribution < 1.29 is 4.79 Å². The standard InChI is InChI=1S/C30H25N7O/c1-18-5-9-21-17-22(10-14-25(21)33-18)35-27(38)16-20-7-11-23(12-8-20)37-29(24-4-3-15-32-28(24)31)36-26-13-6-19(2)34-30(26)37/h3-15,17H,16H2,1-2H3,(H2,31,32)(H,35,38). The Morgan fingerprint density at radius 2 is 1.63 bits per heavy atom. The number of nitrogen functional groups attached to an aromatic ring is 1. The summed E-state index contributed by atoms with van der Waals surface area (Å²) in [5.41, 5.74) is 13.7. The molecule has 186 valence electrons. The first-order valence-electron chi connectivity index (χ1n) is 12.3. The lowest BCUT2D eigenvalue weighted by Crippen LogP contribution is -2.14. The lowest BCUT2D eigenvalue weighted by atomic mass is 10.1. The summed E-state index contributed by atoms with van der Waals surface area (Å²) in [4.78, 5) is 31.1. The molecule has 0 unspecified atom stereocenters. The molecule has 2 aromatic carbocycles. The van der Waals surface area contributed by atoms with E-state index in [9.17, 15) is 4.79 Å². The van der Waals surface area contributed by atoms with Gasteiger partial charge in [-0.2, -0.15) is 0 Å². The number of imidazole rings is 1. The Bertz CT molecular complexity index is 1820. The molecule has 8 heteroatoms. The fourth-order valence-corrected chi connectivity index (χ4v) is 4.54. The molecule has 3 N–H and O–H groups in total. The van der Waals surface area contributed by atoms with Crippen molar-refractivity contribution in [3.05, 3.63) is 102 Å². The zero-order valence-electron chi connectivity index (χ0n) is 21.0. The molecule has 0 radical (unpaired) electrons. The second-order valence-electron chi connectivity index (χ2n) is 9.25. The van der Waals surface area contributed by atoms with Gasteiger partial charge in [0.1, 0.15) is 11.3 Å². The van der Waals surface area contributed by atoms with Crippen molar-refractivity contribution in [3.63, 3.8) is 0 Å². The number of hydrogen-bond acceptors (Lipinski definition) is 6. The van der Waals surface area contributed by atoms with E-state index in [4.69, 9.17) is 15.7 Å². The largest absolute Gasteiger partial charge is 0.383 e. The van der Waals surface area contributed by atoms with Crippen LogP contribution in [0.15, 0.2) is 85.1 Å². The van der Waals surface area contributed by atoms with Gasteiger partial charge < -0.3 is 11.1 Å². The summed E-state index contributed by atoms with van der Waals surface area (Å²) in [7, 11) is 0. The van der Waals surface area contributed by atoms with Crippen LogP contribution in [-0.2, 0) is 11.2 Å². The van der Waals surface area contributed by atoms with Crippen LogP contribution in [0.2, 0.25) is 0 Å². The number of hydrogen-bond donors (Lipinski definition) is 2. The molecule has 4 heterocycles. The summed E-state index contributed by atoms with van der Waals surface area (Å²) >= 11 is 0. The van der Waals surface area contributed by atoms with Crippen molar-refractivity contribution >= 4 is 39.5 Å². The smallest absolute Gasteiger partial charge is 0.228 e. The summed E-state index contributed by atoms with van der Waals surface area (Å²) in [6.07, 6.45) is 1.90. The summed E-state index contributed by atoms with van der Waals surface area (Å²) in [5, 5.41) is 3.98. The second-order valence-corrected chi connectivity index (χ2v) is 9.25. The van der Waals surface area contributed by atoms with E-state index < -0.39 is 0 Å². The molecule has 38 heavy (non-hydrogen) atoms. The Morgan fingerprint density at radius 3 is 2.45 bits per heavy atom. The highest BCUT2D eigenvalue weighted by atomic mass is 16.1. The average Bonchev–Trinajstić information content (AvgIpc) is 3.27. The Morgan fingerprint density at radius 1 is 0.868 bits per heavy atom. The van der Waals surface area contributed by atoms with E-state index in [0.717, 1.165) is 56.0 Å². The third-order valence-electron chi connectivity index (χ3n) is 6.39. The minimum absolute atomic E-state index is 0.0913. The molecule has 0 saturated heterocycles. The molecule has 0 saturated carbocycles. The van der Waals surface area contributed by atoms with Crippen LogP contribution in [-0.4, -0.2) is 30.4 Å². The highest BCUT2D eigenvalue weighted by molar-refractivity contribution is 5.95. The zero-order valence-corrected chi connectivity index (χ0v) is 21.0. The Labute approximate surface area is 219 Å². The predicted molar refractivity (Wildman–Crippen MR) is 150 cm³/mol. The molecule has 4 aromatic heterocycles. The molecule has 0 bridgehead atoms. The lowest BCUT2D eigenvalue weighted by molar-refractivity contribution is -0.115. The third kappa shape index (κ3) is 4.43. The van der Waals surface area contributed by atoms with Gasteiger partial charge in [0.2, 0.25) is 5.91 Å². The van der Waals surface area contributed by atoms with Crippen LogP contribution in [0.3, 0.4) is 0 Å². The molecule has 0 aliphatic heterocycles. The van der Waals surface area contributed by atoms with E-state index in [0.29, 0.717) is 11.6 Å². The van der Waals surface area contributed by atoms with Crippen LogP contribution < -0.4 is 11.1 Å². The van der Waals surface area contributed by atoms with Crippen LogP contribution in [0.1, 0.15) is 17.0 Å². The molecular formula is C30H25N7O. The highest BCUT2D eigenvalue weighted by Crippen LogP contribution is 2.30. The van der Waals surface area contributed by atoms with Gasteiger partial charge in [-0.3, -0.25) is 14.3 Å². The molecule has 0 aliphatic rings. The van der Waals surface area contributed by atoms with Crippen molar-refractivity contribution in [2.45, 2.75) is 20.3 Å². The normalized spacial score (nSPS) is 11.2. The molecule has 6 aromatic rings. The molecule has 0 atom stereocenters. The van der Waals surface area contributed by atoms with Crippen LogP contribution >= 0.6 is 0 Å². The van der Waals surface area contributed by atoms with E-state index >= 15 is 0 Å². The van der Waals surface area contributed by atoms with Gasteiger partial charge in [0.15, 0.2) is 11.5 Å². The van der Waals surface area contributed by atoms with E-state index in [2.05, 4.69) is 15.3 Å². The third-order valence-corrected chi connectivity index (χ3v) is 6.39. The minimum Gasteiger partial charge on any atom is -0.383 e. The second kappa shape index (κ2) is 9.40. The quantitative estimate of drug-likeness (QED) is 0.328. The zero-order chi connectivity index (χ0) is 26.2. The van der Waals surface area contributed by atoms with Gasteiger partial charge in [-0.25, -0.2) is 15.0 Å². The van der Waals surface area contributed by atoms with E-state index in [1.165, 1.54) is 0 Å². The summed E-state index contributed by atoms with van der Waals surface area (Å²) in [5.74, 6) is 0.968. The van der Waals surface area contributed by atoms with Gasteiger partial charge >= 0.3 is 0 Å². The first kappa shape index (κ1) is 23.3. The first-order valence-corrected chi connectivity index (χ1v) is 12.3. The number of carbonyl (C=O) groups is 1. The SMILES string of the molecule is Cc1ccc2cc(NC(=O)Cc3ccc(-n4c(-c5cccnc5N)nc5ccc(C)nc54)cc3)ccc2n1. The van der Waals surface area contributed by atoms with Crippen molar-refractivity contribution in [3.8, 4) is 17.1 Å². The summed E-state index contributed by atoms with van der Waals surface area (Å²) in [6.45, 7) is 3.91. The van der Waals surface area contributed by atoms with Crippen LogP contribution in [0.4, 0.5) is 11.5 Å². The number of nitrogens with two attached hydrogens (primary N) is 1. The Kier molecular flexibility index (Phi) is 5.76. The number of anilines is 2. The lowest BCUT2D eigenvalue weighted by Gasteiger charge is -2.11. The monoisotopic (exact) mass is 499 g/mol. The molecule has 1 amide bonds. The molecular weight excluding hydrogens is 474 g/mol. The van der Waals surface area contributed by atoms with Gasteiger partial charge in [0, 0.05) is 34.3 Å². The number of pyridine rings is 3.